The molecule has 0 saturated carbocycles. The van der Waals surface area contributed by atoms with Crippen molar-refractivity contribution in [2.75, 3.05) is 24.6 Å². The van der Waals surface area contributed by atoms with Crippen LogP contribution in [0.25, 0.3) is 0 Å². The van der Waals surface area contributed by atoms with Crippen LogP contribution in [0.15, 0.2) is 4.99 Å². The third kappa shape index (κ3) is 4.42. The Morgan fingerprint density at radius 3 is 2.80 bits per heavy atom. The second-order valence-corrected chi connectivity index (χ2v) is 7.22. The van der Waals surface area contributed by atoms with Gasteiger partial charge in [0.2, 0.25) is 0 Å². The van der Waals surface area contributed by atoms with E-state index in [0.717, 1.165) is 18.1 Å². The van der Waals surface area contributed by atoms with Crippen LogP contribution in [0.4, 0.5) is 0 Å². The summed E-state index contributed by atoms with van der Waals surface area (Å²) in [5.41, 5.74) is 0. The monoisotopic (exact) mass is 250 g/mol. The van der Waals surface area contributed by atoms with Crippen LogP contribution in [0.1, 0.15) is 20.3 Å². The van der Waals surface area contributed by atoms with Crippen molar-refractivity contribution in [1.82, 2.24) is 5.32 Å². The fourth-order valence-electron chi connectivity index (χ4n) is 1.18. The van der Waals surface area contributed by atoms with Gasteiger partial charge in [0.05, 0.1) is 12.3 Å². The Kier molecular flexibility index (Phi) is 4.92. The van der Waals surface area contributed by atoms with Crippen LogP contribution < -0.4 is 5.32 Å². The number of aliphatic imine (C=N–C) groups is 1. The standard InChI is InChI=1S/C9H18N2O2S2/c1-3-8-7-11-9(14-8)10-5-6-15(12,13)4-2/h8H,3-7H2,1-2H3,(H,10,11). The normalized spacial score (nSPS) is 21.5. The molecule has 0 aliphatic carbocycles. The van der Waals surface area contributed by atoms with E-state index >= 15 is 0 Å². The van der Waals surface area contributed by atoms with Crippen LogP contribution in [0.2, 0.25) is 0 Å². The first-order valence-corrected chi connectivity index (χ1v) is 7.93. The summed E-state index contributed by atoms with van der Waals surface area (Å²) in [6, 6.07) is 0. The Labute approximate surface area is 95.8 Å². The molecule has 0 aromatic heterocycles. The molecule has 1 aliphatic heterocycles. The molecule has 15 heavy (non-hydrogen) atoms. The van der Waals surface area contributed by atoms with Crippen molar-refractivity contribution in [2.24, 2.45) is 4.99 Å². The fraction of sp³-hybridized carbons (Fsp3) is 0.889. The van der Waals surface area contributed by atoms with Crippen molar-refractivity contribution >= 4 is 26.8 Å². The molecule has 0 spiro atoms. The Morgan fingerprint density at radius 1 is 1.53 bits per heavy atom. The van der Waals surface area contributed by atoms with E-state index in [1.165, 1.54) is 0 Å². The van der Waals surface area contributed by atoms with E-state index in [2.05, 4.69) is 17.2 Å². The Balaban J connectivity index is 2.22. The lowest BCUT2D eigenvalue weighted by Crippen LogP contribution is -2.27. The zero-order valence-electron chi connectivity index (χ0n) is 9.19. The van der Waals surface area contributed by atoms with Gasteiger partial charge in [0.25, 0.3) is 0 Å². The van der Waals surface area contributed by atoms with Gasteiger partial charge < -0.3 is 5.32 Å². The molecule has 0 amide bonds. The molecular weight excluding hydrogens is 232 g/mol. The second kappa shape index (κ2) is 5.75. The third-order valence-electron chi connectivity index (χ3n) is 2.30. The molecule has 1 rings (SSSR count). The van der Waals surface area contributed by atoms with Crippen molar-refractivity contribution in [1.29, 1.82) is 0 Å². The number of nitrogens with zero attached hydrogens (tertiary/aromatic N) is 1. The first-order valence-electron chi connectivity index (χ1n) is 5.22. The smallest absolute Gasteiger partial charge is 0.156 e. The van der Waals surface area contributed by atoms with Crippen molar-refractivity contribution < 1.29 is 8.42 Å². The van der Waals surface area contributed by atoms with Gasteiger partial charge in [0.15, 0.2) is 15.0 Å². The lowest BCUT2D eigenvalue weighted by Gasteiger charge is -2.06. The summed E-state index contributed by atoms with van der Waals surface area (Å²) >= 11 is 1.71. The highest BCUT2D eigenvalue weighted by Crippen LogP contribution is 2.21. The number of sulfone groups is 1. The zero-order chi connectivity index (χ0) is 11.3. The van der Waals surface area contributed by atoms with E-state index in [4.69, 9.17) is 0 Å². The van der Waals surface area contributed by atoms with E-state index in [1.54, 1.807) is 18.7 Å². The first kappa shape index (κ1) is 12.8. The minimum absolute atomic E-state index is 0.194. The highest BCUT2D eigenvalue weighted by atomic mass is 32.2. The van der Waals surface area contributed by atoms with Crippen LogP contribution >= 0.6 is 11.8 Å². The SMILES string of the molecule is CCC1CN=C(NCCS(=O)(=O)CC)S1. The molecule has 1 atom stereocenters. The zero-order valence-corrected chi connectivity index (χ0v) is 10.8. The van der Waals surface area contributed by atoms with Gasteiger partial charge in [-0.05, 0) is 6.42 Å². The van der Waals surface area contributed by atoms with Gasteiger partial charge in [0.1, 0.15) is 0 Å². The summed E-state index contributed by atoms with van der Waals surface area (Å²) in [5.74, 6) is 0.408. The quantitative estimate of drug-likeness (QED) is 0.787. The lowest BCUT2D eigenvalue weighted by atomic mass is 10.3. The average Bonchev–Trinajstić information content (AvgIpc) is 2.66. The molecule has 0 radical (unpaired) electrons. The number of hydrogen-bond donors (Lipinski definition) is 1. The minimum Gasteiger partial charge on any atom is -0.364 e. The summed E-state index contributed by atoms with van der Waals surface area (Å²) in [4.78, 5) is 4.31. The summed E-state index contributed by atoms with van der Waals surface area (Å²) in [7, 11) is -2.86. The molecule has 1 heterocycles. The first-order chi connectivity index (χ1) is 7.07. The van der Waals surface area contributed by atoms with E-state index in [9.17, 15) is 8.42 Å². The van der Waals surface area contributed by atoms with Crippen molar-refractivity contribution in [3.63, 3.8) is 0 Å². The number of thioether (sulfide) groups is 1. The number of nitrogens with one attached hydrogen (secondary N) is 1. The summed E-state index contributed by atoms with van der Waals surface area (Å²) in [6.45, 7) is 5.13. The minimum atomic E-state index is -2.86. The molecular formula is C9H18N2O2S2. The van der Waals surface area contributed by atoms with Crippen LogP contribution in [-0.2, 0) is 9.84 Å². The molecule has 1 aliphatic rings. The number of rotatable bonds is 5. The van der Waals surface area contributed by atoms with Crippen molar-refractivity contribution in [3.8, 4) is 0 Å². The Bertz CT molecular complexity index is 325. The van der Waals surface area contributed by atoms with Crippen LogP contribution in [0.5, 0.6) is 0 Å². The molecule has 4 nitrogen and oxygen atoms in total. The Hall–Kier alpha value is -0.230. The Morgan fingerprint density at radius 2 is 2.27 bits per heavy atom. The number of hydrogen-bond acceptors (Lipinski definition) is 5. The maximum absolute atomic E-state index is 11.2. The van der Waals surface area contributed by atoms with Gasteiger partial charge in [-0.25, -0.2) is 8.42 Å². The second-order valence-electron chi connectivity index (χ2n) is 3.46. The molecule has 1 N–H and O–H groups in total. The van der Waals surface area contributed by atoms with Gasteiger partial charge >= 0.3 is 0 Å². The largest absolute Gasteiger partial charge is 0.364 e. The van der Waals surface area contributed by atoms with E-state index < -0.39 is 9.84 Å². The van der Waals surface area contributed by atoms with E-state index in [-0.39, 0.29) is 11.5 Å². The molecule has 1 unspecified atom stereocenters. The maximum Gasteiger partial charge on any atom is 0.156 e. The van der Waals surface area contributed by atoms with Crippen LogP contribution in [0, 0.1) is 0 Å². The van der Waals surface area contributed by atoms with Gasteiger partial charge in [-0.1, -0.05) is 25.6 Å². The topological polar surface area (TPSA) is 58.5 Å². The van der Waals surface area contributed by atoms with E-state index in [1.807, 2.05) is 0 Å². The molecule has 0 aromatic rings. The lowest BCUT2D eigenvalue weighted by molar-refractivity contribution is 0.596. The molecule has 0 saturated heterocycles. The van der Waals surface area contributed by atoms with Gasteiger partial charge in [-0.2, -0.15) is 0 Å². The molecule has 88 valence electrons. The fourth-order valence-corrected chi connectivity index (χ4v) is 2.85. The maximum atomic E-state index is 11.2. The van der Waals surface area contributed by atoms with Crippen molar-refractivity contribution in [2.45, 2.75) is 25.5 Å². The van der Waals surface area contributed by atoms with Crippen LogP contribution in [0.3, 0.4) is 0 Å². The van der Waals surface area contributed by atoms with Crippen LogP contribution in [-0.4, -0.2) is 43.4 Å². The molecule has 0 fully saturated rings. The van der Waals surface area contributed by atoms with Gasteiger partial charge in [0, 0.05) is 17.5 Å². The average molecular weight is 250 g/mol. The predicted molar refractivity (Wildman–Crippen MR) is 66.3 cm³/mol. The van der Waals surface area contributed by atoms with Gasteiger partial charge in [-0.3, -0.25) is 4.99 Å². The predicted octanol–water partition coefficient (Wildman–Crippen LogP) is 0.892. The highest BCUT2D eigenvalue weighted by molar-refractivity contribution is 8.14. The third-order valence-corrected chi connectivity index (χ3v) is 5.32. The van der Waals surface area contributed by atoms with Gasteiger partial charge in [-0.15, -0.1) is 0 Å². The summed E-state index contributed by atoms with van der Waals surface area (Å²) < 4.78 is 22.4. The summed E-state index contributed by atoms with van der Waals surface area (Å²) in [5, 5.41) is 4.53. The number of amidine groups is 1. The molecule has 0 aromatic carbocycles. The summed E-state index contributed by atoms with van der Waals surface area (Å²) in [6.07, 6.45) is 1.10. The van der Waals surface area contributed by atoms with Crippen molar-refractivity contribution in [3.05, 3.63) is 0 Å². The van der Waals surface area contributed by atoms with E-state index in [0.29, 0.717) is 11.8 Å². The highest BCUT2D eigenvalue weighted by Gasteiger charge is 2.17. The molecule has 0 bridgehead atoms. The molecule has 6 heteroatoms.